The first-order chi connectivity index (χ1) is 8.67. The molecule has 0 amide bonds. The minimum Gasteiger partial charge on any atom is -0.468 e. The molecule has 0 saturated heterocycles. The van der Waals surface area contributed by atoms with E-state index in [4.69, 9.17) is 4.74 Å². The molecule has 96 valence electrons. The fourth-order valence-electron chi connectivity index (χ4n) is 1.70. The average molecular weight is 266 g/mol. The second-order valence-electron chi connectivity index (χ2n) is 3.74. The molecule has 0 aliphatic carbocycles. The number of hydrogen-bond donors (Lipinski definition) is 0. The topological polar surface area (TPSA) is 68.2 Å². The summed E-state index contributed by atoms with van der Waals surface area (Å²) in [4.78, 5) is 22.5. The molecular weight excluding hydrogens is 252 g/mol. The van der Waals surface area contributed by atoms with Gasteiger partial charge in [-0.05, 0) is 25.4 Å². The lowest BCUT2D eigenvalue weighted by molar-refractivity contribution is -0.138. The third-order valence-electron chi connectivity index (χ3n) is 2.65. The Kier molecular flexibility index (Phi) is 3.71. The van der Waals surface area contributed by atoms with E-state index >= 15 is 0 Å². The maximum Gasteiger partial charge on any atom is 0.325 e. The SMILES string of the molecule is CCN(CC(=O)OC)c1ncnc2snc(C)c12. The lowest BCUT2D eigenvalue weighted by atomic mass is 10.3. The van der Waals surface area contributed by atoms with Gasteiger partial charge in [-0.15, -0.1) is 0 Å². The van der Waals surface area contributed by atoms with Crippen LogP contribution in [-0.2, 0) is 9.53 Å². The molecule has 0 radical (unpaired) electrons. The van der Waals surface area contributed by atoms with Gasteiger partial charge < -0.3 is 9.64 Å². The monoisotopic (exact) mass is 266 g/mol. The van der Waals surface area contributed by atoms with E-state index in [1.807, 2.05) is 18.7 Å². The zero-order chi connectivity index (χ0) is 13.1. The second-order valence-corrected chi connectivity index (χ2v) is 4.49. The highest BCUT2D eigenvalue weighted by molar-refractivity contribution is 7.13. The van der Waals surface area contributed by atoms with Crippen LogP contribution in [-0.4, -0.2) is 40.5 Å². The van der Waals surface area contributed by atoms with Crippen LogP contribution in [0.3, 0.4) is 0 Å². The van der Waals surface area contributed by atoms with Crippen molar-refractivity contribution >= 4 is 33.5 Å². The molecule has 2 aromatic rings. The number of nitrogens with zero attached hydrogens (tertiary/aromatic N) is 4. The summed E-state index contributed by atoms with van der Waals surface area (Å²) in [6.45, 7) is 4.72. The van der Waals surface area contributed by atoms with Crippen molar-refractivity contribution < 1.29 is 9.53 Å². The lowest BCUT2D eigenvalue weighted by Crippen LogP contribution is -2.31. The van der Waals surface area contributed by atoms with Crippen molar-refractivity contribution in [2.24, 2.45) is 0 Å². The third-order valence-corrected chi connectivity index (χ3v) is 3.50. The van der Waals surface area contributed by atoms with Crippen LogP contribution in [0, 0.1) is 6.92 Å². The fraction of sp³-hybridized carbons (Fsp3) is 0.455. The van der Waals surface area contributed by atoms with Gasteiger partial charge in [-0.25, -0.2) is 9.97 Å². The van der Waals surface area contributed by atoms with Gasteiger partial charge >= 0.3 is 5.97 Å². The fourth-order valence-corrected chi connectivity index (χ4v) is 2.44. The van der Waals surface area contributed by atoms with E-state index in [9.17, 15) is 4.79 Å². The first-order valence-corrected chi connectivity index (χ1v) is 6.33. The number of aryl methyl sites for hydroxylation is 1. The highest BCUT2D eigenvalue weighted by atomic mass is 32.1. The number of aromatic nitrogens is 3. The Balaban J connectivity index is 2.44. The summed E-state index contributed by atoms with van der Waals surface area (Å²) >= 11 is 1.34. The Hall–Kier alpha value is -1.76. The minimum atomic E-state index is -0.288. The predicted molar refractivity (Wildman–Crippen MR) is 69.9 cm³/mol. The molecule has 0 spiro atoms. The quantitative estimate of drug-likeness (QED) is 0.779. The largest absolute Gasteiger partial charge is 0.468 e. The number of rotatable bonds is 4. The van der Waals surface area contributed by atoms with E-state index < -0.39 is 0 Å². The van der Waals surface area contributed by atoms with E-state index in [0.29, 0.717) is 6.54 Å². The van der Waals surface area contributed by atoms with Gasteiger partial charge in [-0.3, -0.25) is 4.79 Å². The van der Waals surface area contributed by atoms with Crippen molar-refractivity contribution in [3.8, 4) is 0 Å². The molecule has 0 N–H and O–H groups in total. The summed E-state index contributed by atoms with van der Waals surface area (Å²) in [5.74, 6) is 0.448. The molecule has 0 fully saturated rings. The number of fused-ring (bicyclic) bond motifs is 1. The summed E-state index contributed by atoms with van der Waals surface area (Å²) in [5.41, 5.74) is 0.883. The van der Waals surface area contributed by atoms with E-state index in [2.05, 4.69) is 14.3 Å². The van der Waals surface area contributed by atoms with Gasteiger partial charge in [0.25, 0.3) is 0 Å². The molecule has 18 heavy (non-hydrogen) atoms. The van der Waals surface area contributed by atoms with E-state index in [-0.39, 0.29) is 12.5 Å². The van der Waals surface area contributed by atoms with Crippen LogP contribution < -0.4 is 4.90 Å². The first-order valence-electron chi connectivity index (χ1n) is 5.56. The van der Waals surface area contributed by atoms with E-state index in [1.165, 1.54) is 25.0 Å². The molecular formula is C11H14N4O2S. The molecule has 0 saturated carbocycles. The molecule has 2 rings (SSSR count). The first kappa shape index (κ1) is 12.7. The molecule has 2 heterocycles. The molecule has 0 unspecified atom stereocenters. The number of esters is 1. The van der Waals surface area contributed by atoms with Crippen molar-refractivity contribution in [1.82, 2.24) is 14.3 Å². The van der Waals surface area contributed by atoms with Gasteiger partial charge in [-0.2, -0.15) is 4.37 Å². The van der Waals surface area contributed by atoms with Crippen LogP contribution in [0.5, 0.6) is 0 Å². The summed E-state index contributed by atoms with van der Waals surface area (Å²) in [5, 5.41) is 0.910. The van der Waals surface area contributed by atoms with Crippen LogP contribution in [0.15, 0.2) is 6.33 Å². The van der Waals surface area contributed by atoms with Gasteiger partial charge in [0.1, 0.15) is 23.5 Å². The summed E-state index contributed by atoms with van der Waals surface area (Å²) in [7, 11) is 1.38. The van der Waals surface area contributed by atoms with Crippen LogP contribution in [0.4, 0.5) is 5.82 Å². The number of ether oxygens (including phenoxy) is 1. The third kappa shape index (κ3) is 2.26. The molecule has 0 aliphatic heterocycles. The maximum atomic E-state index is 11.4. The molecule has 0 bridgehead atoms. The number of methoxy groups -OCH3 is 1. The molecule has 0 atom stereocenters. The van der Waals surface area contributed by atoms with Crippen molar-refractivity contribution in [2.45, 2.75) is 13.8 Å². The standard InChI is InChI=1S/C11H14N4O2S/c1-4-15(5-8(16)17-3)10-9-7(2)14-18-11(9)13-6-12-10/h6H,4-5H2,1-3H3. The van der Waals surface area contributed by atoms with Gasteiger partial charge in [0.15, 0.2) is 0 Å². The number of likely N-dealkylation sites (N-methyl/N-ethyl adjacent to an activating group) is 1. The number of carbonyl (C=O) groups is 1. The molecule has 0 aromatic carbocycles. The van der Waals surface area contributed by atoms with Gasteiger partial charge in [0.05, 0.1) is 18.2 Å². The van der Waals surface area contributed by atoms with Crippen molar-refractivity contribution in [3.63, 3.8) is 0 Å². The van der Waals surface area contributed by atoms with Crippen LogP contribution in [0.2, 0.25) is 0 Å². The normalized spacial score (nSPS) is 10.6. The van der Waals surface area contributed by atoms with Crippen molar-refractivity contribution in [3.05, 3.63) is 12.0 Å². The van der Waals surface area contributed by atoms with Crippen molar-refractivity contribution in [1.29, 1.82) is 0 Å². The number of carbonyl (C=O) groups excluding carboxylic acids is 1. The van der Waals surface area contributed by atoms with Crippen LogP contribution >= 0.6 is 11.5 Å². The zero-order valence-electron chi connectivity index (χ0n) is 10.5. The van der Waals surface area contributed by atoms with Crippen LogP contribution in [0.1, 0.15) is 12.6 Å². The molecule has 0 aliphatic rings. The minimum absolute atomic E-state index is 0.175. The predicted octanol–water partition coefficient (Wildman–Crippen LogP) is 1.39. The molecule has 7 heteroatoms. The number of hydrogen-bond acceptors (Lipinski definition) is 7. The zero-order valence-corrected chi connectivity index (χ0v) is 11.3. The summed E-state index contributed by atoms with van der Waals surface area (Å²) < 4.78 is 8.96. The second kappa shape index (κ2) is 5.26. The molecule has 2 aromatic heterocycles. The molecule has 6 nitrogen and oxygen atoms in total. The smallest absolute Gasteiger partial charge is 0.325 e. The summed E-state index contributed by atoms with van der Waals surface area (Å²) in [6.07, 6.45) is 1.50. The van der Waals surface area contributed by atoms with Crippen LogP contribution in [0.25, 0.3) is 10.2 Å². The lowest BCUT2D eigenvalue weighted by Gasteiger charge is -2.20. The van der Waals surface area contributed by atoms with Gasteiger partial charge in [0, 0.05) is 6.54 Å². The Morgan fingerprint density at radius 1 is 1.50 bits per heavy atom. The Morgan fingerprint density at radius 2 is 2.28 bits per heavy atom. The van der Waals surface area contributed by atoms with E-state index in [1.54, 1.807) is 0 Å². The Morgan fingerprint density at radius 3 is 2.94 bits per heavy atom. The van der Waals surface area contributed by atoms with Gasteiger partial charge in [0.2, 0.25) is 0 Å². The number of anilines is 1. The Bertz CT molecular complexity index is 569. The summed E-state index contributed by atoms with van der Waals surface area (Å²) in [6, 6.07) is 0. The Labute approximate surface area is 109 Å². The average Bonchev–Trinajstić information content (AvgIpc) is 2.77. The maximum absolute atomic E-state index is 11.4. The van der Waals surface area contributed by atoms with E-state index in [0.717, 1.165) is 21.7 Å². The highest BCUT2D eigenvalue weighted by Crippen LogP contribution is 2.28. The van der Waals surface area contributed by atoms with Crippen molar-refractivity contribution in [2.75, 3.05) is 25.1 Å². The highest BCUT2D eigenvalue weighted by Gasteiger charge is 2.17. The van der Waals surface area contributed by atoms with Gasteiger partial charge in [-0.1, -0.05) is 0 Å².